The monoisotopic (exact) mass is 384 g/mol. The Bertz CT molecular complexity index is 1230. The Kier molecular flexibility index (Phi) is 3.86. The van der Waals surface area contributed by atoms with Crippen LogP contribution in [-0.2, 0) is 0 Å². The van der Waals surface area contributed by atoms with Gasteiger partial charge in [0.15, 0.2) is 10.8 Å². The molecule has 4 rings (SSSR count). The molecule has 3 N–H and O–H groups in total. The fourth-order valence-corrected chi connectivity index (χ4v) is 3.16. The first-order valence-electron chi connectivity index (χ1n) is 7.68. The highest BCUT2D eigenvalue weighted by Crippen LogP contribution is 2.29. The maximum atomic E-state index is 12.6. The second-order valence-electron chi connectivity index (χ2n) is 5.73. The Morgan fingerprint density at radius 3 is 2.69 bits per heavy atom. The van der Waals surface area contributed by atoms with Crippen molar-refractivity contribution in [2.24, 2.45) is 5.73 Å². The molecule has 0 saturated carbocycles. The van der Waals surface area contributed by atoms with Gasteiger partial charge < -0.3 is 5.73 Å². The molecule has 0 aliphatic heterocycles. The van der Waals surface area contributed by atoms with Crippen LogP contribution in [0.1, 0.15) is 5.69 Å². The molecule has 0 spiro atoms. The summed E-state index contributed by atoms with van der Waals surface area (Å²) in [7, 11) is 0. The summed E-state index contributed by atoms with van der Waals surface area (Å²) < 4.78 is 2.88. The highest BCUT2D eigenvalue weighted by molar-refractivity contribution is 7.80. The minimum absolute atomic E-state index is 0.000413. The van der Waals surface area contributed by atoms with Crippen molar-refractivity contribution in [3.05, 3.63) is 63.8 Å². The van der Waals surface area contributed by atoms with Crippen LogP contribution in [0.15, 0.2) is 47.5 Å². The molecular weight excluding hydrogens is 372 g/mol. The molecule has 0 amide bonds. The third-order valence-corrected chi connectivity index (χ3v) is 4.39. The zero-order valence-corrected chi connectivity index (χ0v) is 15.2. The summed E-state index contributed by atoms with van der Waals surface area (Å²) in [6.07, 6.45) is 3.09. The van der Waals surface area contributed by atoms with Gasteiger partial charge in [-0.1, -0.05) is 23.7 Å². The number of rotatable bonds is 2. The highest BCUT2D eigenvalue weighted by Gasteiger charge is 2.16. The normalized spacial score (nSPS) is 11.2. The van der Waals surface area contributed by atoms with Crippen molar-refractivity contribution in [2.45, 2.75) is 6.92 Å². The third kappa shape index (κ3) is 2.59. The average Bonchev–Trinajstić information content (AvgIpc) is 2.94. The number of aromatic nitrogens is 4. The molecule has 9 heteroatoms. The maximum Gasteiger partial charge on any atom is 0.280 e. The molecule has 4 aromatic rings. The van der Waals surface area contributed by atoms with Gasteiger partial charge in [-0.05, 0) is 42.9 Å². The van der Waals surface area contributed by atoms with Crippen LogP contribution in [0.5, 0.6) is 0 Å². The van der Waals surface area contributed by atoms with Crippen molar-refractivity contribution in [1.29, 1.82) is 0 Å². The molecule has 26 heavy (non-hydrogen) atoms. The molecule has 0 unspecified atom stereocenters. The van der Waals surface area contributed by atoms with Crippen LogP contribution in [0.4, 0.5) is 0 Å². The first-order valence-corrected chi connectivity index (χ1v) is 8.46. The van der Waals surface area contributed by atoms with E-state index in [0.29, 0.717) is 21.6 Å². The van der Waals surface area contributed by atoms with E-state index in [4.69, 9.17) is 29.6 Å². The standard InChI is InChI=1S/C17H13ClN6OS/c1-9-14(10-2-4-11(18)5-3-10)15-20-8-12-13(24(15)21-9)6-7-23(16(12)25)22-17(19)26/h2-8H,1H3,(H3,19,22,26). The smallest absolute Gasteiger partial charge is 0.280 e. The Labute approximate surface area is 158 Å². The van der Waals surface area contributed by atoms with Gasteiger partial charge in [0.25, 0.3) is 5.56 Å². The van der Waals surface area contributed by atoms with E-state index in [0.717, 1.165) is 16.8 Å². The van der Waals surface area contributed by atoms with E-state index in [1.165, 1.54) is 10.9 Å². The zero-order chi connectivity index (χ0) is 18.4. The largest absolute Gasteiger partial charge is 0.375 e. The summed E-state index contributed by atoms with van der Waals surface area (Å²) in [5.41, 5.74) is 11.7. The van der Waals surface area contributed by atoms with E-state index in [1.54, 1.807) is 16.8 Å². The molecule has 0 aliphatic rings. The first-order chi connectivity index (χ1) is 12.5. The van der Waals surface area contributed by atoms with E-state index in [2.05, 4.69) is 15.5 Å². The van der Waals surface area contributed by atoms with Gasteiger partial charge in [0.1, 0.15) is 0 Å². The van der Waals surface area contributed by atoms with Crippen molar-refractivity contribution in [1.82, 2.24) is 19.3 Å². The Morgan fingerprint density at radius 1 is 1.27 bits per heavy atom. The van der Waals surface area contributed by atoms with Crippen LogP contribution in [0.2, 0.25) is 5.02 Å². The fraction of sp³-hybridized carbons (Fsp3) is 0.0588. The zero-order valence-electron chi connectivity index (χ0n) is 13.6. The number of fused-ring (bicyclic) bond motifs is 3. The van der Waals surface area contributed by atoms with Crippen molar-refractivity contribution >= 4 is 45.5 Å². The quantitative estimate of drug-likeness (QED) is 0.516. The number of nitrogens with zero attached hydrogens (tertiary/aromatic N) is 4. The summed E-state index contributed by atoms with van der Waals surface area (Å²) in [6.45, 7) is 1.90. The van der Waals surface area contributed by atoms with Gasteiger partial charge in [0.05, 0.1) is 16.6 Å². The van der Waals surface area contributed by atoms with Gasteiger partial charge in [0, 0.05) is 23.0 Å². The van der Waals surface area contributed by atoms with Gasteiger partial charge in [-0.3, -0.25) is 10.2 Å². The lowest BCUT2D eigenvalue weighted by atomic mass is 10.1. The van der Waals surface area contributed by atoms with Crippen LogP contribution in [0, 0.1) is 6.92 Å². The van der Waals surface area contributed by atoms with Crippen LogP contribution < -0.4 is 16.7 Å². The highest BCUT2D eigenvalue weighted by atomic mass is 35.5. The molecule has 7 nitrogen and oxygen atoms in total. The second kappa shape index (κ2) is 6.08. The molecule has 0 saturated heterocycles. The molecule has 130 valence electrons. The number of aryl methyl sites for hydroxylation is 1. The second-order valence-corrected chi connectivity index (χ2v) is 6.60. The van der Waals surface area contributed by atoms with E-state index in [9.17, 15) is 4.79 Å². The molecule has 3 heterocycles. The van der Waals surface area contributed by atoms with Crippen LogP contribution in [0.25, 0.3) is 27.7 Å². The van der Waals surface area contributed by atoms with Gasteiger partial charge in [0.2, 0.25) is 0 Å². The number of nitrogens with two attached hydrogens (primary N) is 1. The topological polar surface area (TPSA) is 90.2 Å². The van der Waals surface area contributed by atoms with E-state index >= 15 is 0 Å². The minimum Gasteiger partial charge on any atom is -0.375 e. The Morgan fingerprint density at radius 2 is 2.00 bits per heavy atom. The lowest BCUT2D eigenvalue weighted by Gasteiger charge is -2.08. The van der Waals surface area contributed by atoms with Crippen LogP contribution >= 0.6 is 23.8 Å². The van der Waals surface area contributed by atoms with Gasteiger partial charge in [-0.15, -0.1) is 0 Å². The number of thiocarbonyl (C=S) groups is 1. The predicted molar refractivity (Wildman–Crippen MR) is 106 cm³/mol. The minimum atomic E-state index is -0.314. The summed E-state index contributed by atoms with van der Waals surface area (Å²) in [4.78, 5) is 17.1. The molecule has 0 bridgehead atoms. The molecule has 1 aromatic carbocycles. The van der Waals surface area contributed by atoms with Crippen molar-refractivity contribution in [2.75, 3.05) is 5.43 Å². The van der Waals surface area contributed by atoms with E-state index in [1.807, 2.05) is 31.2 Å². The maximum absolute atomic E-state index is 12.6. The van der Waals surface area contributed by atoms with Crippen LogP contribution in [-0.4, -0.2) is 24.4 Å². The van der Waals surface area contributed by atoms with Crippen LogP contribution in [0.3, 0.4) is 0 Å². The summed E-state index contributed by atoms with van der Waals surface area (Å²) in [5.74, 6) is 0. The molecule has 0 fully saturated rings. The van der Waals surface area contributed by atoms with Gasteiger partial charge >= 0.3 is 0 Å². The van der Waals surface area contributed by atoms with Crippen molar-refractivity contribution < 1.29 is 0 Å². The molecule has 0 radical (unpaired) electrons. The fourth-order valence-electron chi connectivity index (χ4n) is 2.94. The van der Waals surface area contributed by atoms with E-state index in [-0.39, 0.29) is 10.7 Å². The number of hydrogen-bond donors (Lipinski definition) is 2. The first kappa shape index (κ1) is 16.5. The summed E-state index contributed by atoms with van der Waals surface area (Å²) in [6, 6.07) is 9.24. The van der Waals surface area contributed by atoms with Crippen molar-refractivity contribution in [3.8, 4) is 11.1 Å². The number of nitrogens with one attached hydrogen (secondary N) is 1. The van der Waals surface area contributed by atoms with E-state index < -0.39 is 0 Å². The van der Waals surface area contributed by atoms with Crippen molar-refractivity contribution in [3.63, 3.8) is 0 Å². The number of pyridine rings is 1. The third-order valence-electron chi connectivity index (χ3n) is 4.05. The molecular formula is C17H13ClN6OS. The lowest BCUT2D eigenvalue weighted by molar-refractivity contribution is 0.909. The predicted octanol–water partition coefficient (Wildman–Crippen LogP) is 2.46. The van der Waals surface area contributed by atoms with Gasteiger partial charge in [-0.2, -0.15) is 5.10 Å². The molecule has 3 aromatic heterocycles. The van der Waals surface area contributed by atoms with Gasteiger partial charge in [-0.25, -0.2) is 14.2 Å². The lowest BCUT2D eigenvalue weighted by Crippen LogP contribution is -2.35. The molecule has 0 atom stereocenters. The molecule has 0 aliphatic carbocycles. The number of halogens is 1. The number of benzene rings is 1. The Hall–Kier alpha value is -2.97. The Balaban J connectivity index is 1.99. The summed E-state index contributed by atoms with van der Waals surface area (Å²) >= 11 is 10.8. The summed E-state index contributed by atoms with van der Waals surface area (Å²) in [5, 5.41) is 5.63. The average molecular weight is 385 g/mol. The SMILES string of the molecule is Cc1nn2c(ncc3c(=O)n(NC(N)=S)ccc32)c1-c1ccc(Cl)cc1. The number of hydrogen-bond acceptors (Lipinski definition) is 4.